The number of likely N-dealkylation sites (N-methyl/N-ethyl adjacent to an activating group) is 1. The lowest BCUT2D eigenvalue weighted by molar-refractivity contribution is -0.111. The van der Waals surface area contributed by atoms with Gasteiger partial charge in [0.25, 0.3) is 0 Å². The van der Waals surface area contributed by atoms with E-state index in [-0.39, 0.29) is 5.91 Å². The molecule has 2 aliphatic heterocycles. The van der Waals surface area contributed by atoms with Crippen LogP contribution in [0.1, 0.15) is 12.8 Å². The van der Waals surface area contributed by atoms with Crippen LogP contribution in [0.3, 0.4) is 0 Å². The summed E-state index contributed by atoms with van der Waals surface area (Å²) in [6, 6.07) is 15.5. The van der Waals surface area contributed by atoms with Crippen molar-refractivity contribution in [1.29, 1.82) is 0 Å². The molecule has 216 valence electrons. The summed E-state index contributed by atoms with van der Waals surface area (Å²) in [5.74, 6) is 2.53. The van der Waals surface area contributed by atoms with Crippen LogP contribution in [0.4, 0.5) is 28.6 Å². The highest BCUT2D eigenvalue weighted by molar-refractivity contribution is 6.00. The first-order valence-corrected chi connectivity index (χ1v) is 13.9. The molecule has 0 saturated carbocycles. The van der Waals surface area contributed by atoms with Gasteiger partial charge in [0, 0.05) is 57.1 Å². The van der Waals surface area contributed by atoms with Gasteiger partial charge < -0.3 is 39.5 Å². The van der Waals surface area contributed by atoms with Crippen molar-refractivity contribution in [2.24, 2.45) is 0 Å². The first-order chi connectivity index (χ1) is 20.0. The average Bonchev–Trinajstić information content (AvgIpc) is 3.53. The Balaban J connectivity index is 1.42. The van der Waals surface area contributed by atoms with Crippen LogP contribution < -0.4 is 34.6 Å². The van der Waals surface area contributed by atoms with Crippen LogP contribution >= 0.6 is 0 Å². The largest absolute Gasteiger partial charge is 0.495 e. The van der Waals surface area contributed by atoms with E-state index in [0.717, 1.165) is 74.9 Å². The second-order valence-corrected chi connectivity index (χ2v) is 10.2. The number of ether oxygens (including phenoxy) is 3. The van der Waals surface area contributed by atoms with E-state index >= 15 is 0 Å². The van der Waals surface area contributed by atoms with Gasteiger partial charge >= 0.3 is 0 Å². The van der Waals surface area contributed by atoms with Crippen LogP contribution in [-0.2, 0) is 4.79 Å². The van der Waals surface area contributed by atoms with E-state index in [0.29, 0.717) is 28.9 Å². The number of benzene rings is 2. The zero-order valence-corrected chi connectivity index (χ0v) is 24.0. The van der Waals surface area contributed by atoms with Gasteiger partial charge in [-0.2, -0.15) is 4.98 Å². The summed E-state index contributed by atoms with van der Waals surface area (Å²) in [5, 5.41) is 6.19. The number of amides is 1. The molecular weight excluding hydrogens is 520 g/mol. The van der Waals surface area contributed by atoms with Crippen molar-refractivity contribution in [3.8, 4) is 23.1 Å². The van der Waals surface area contributed by atoms with E-state index in [1.54, 1.807) is 32.4 Å². The number of piperazine rings is 1. The number of nitrogens with one attached hydrogen (secondary N) is 2. The van der Waals surface area contributed by atoms with Crippen molar-refractivity contribution in [1.82, 2.24) is 9.88 Å². The first kappa shape index (κ1) is 28.1. The van der Waals surface area contributed by atoms with Crippen molar-refractivity contribution >= 4 is 34.5 Å². The van der Waals surface area contributed by atoms with Crippen LogP contribution in [0.5, 0.6) is 23.1 Å². The van der Waals surface area contributed by atoms with Crippen molar-refractivity contribution in [2.45, 2.75) is 12.8 Å². The molecule has 0 bridgehead atoms. The summed E-state index contributed by atoms with van der Waals surface area (Å²) in [6.07, 6.45) is 3.45. The summed E-state index contributed by atoms with van der Waals surface area (Å²) in [5.41, 5.74) is 3.35. The Hall–Kier alpha value is -4.44. The first-order valence-electron chi connectivity index (χ1n) is 13.9. The van der Waals surface area contributed by atoms with E-state index < -0.39 is 0 Å². The highest BCUT2D eigenvalue weighted by Gasteiger charge is 2.21. The van der Waals surface area contributed by atoms with Gasteiger partial charge in [0.05, 0.1) is 25.6 Å². The summed E-state index contributed by atoms with van der Waals surface area (Å²) in [4.78, 5) is 23.8. The second kappa shape index (κ2) is 12.8. The maximum atomic E-state index is 12.0. The SMILES string of the molecule is C=CC(=O)Nc1cc(Oc2nc(Nc3ccc(N4CCN(C)CC4)cc3OC)ccc2N2CCCC2)ccc1OC. The van der Waals surface area contributed by atoms with Crippen LogP contribution in [0.25, 0.3) is 0 Å². The molecular formula is C31H38N6O4. The van der Waals surface area contributed by atoms with Gasteiger partial charge in [-0.3, -0.25) is 4.79 Å². The van der Waals surface area contributed by atoms with Crippen molar-refractivity contribution in [3.05, 3.63) is 61.2 Å². The van der Waals surface area contributed by atoms with Gasteiger partial charge in [-0.25, -0.2) is 0 Å². The minimum Gasteiger partial charge on any atom is -0.495 e. The van der Waals surface area contributed by atoms with E-state index in [2.05, 4.69) is 51.1 Å². The zero-order valence-electron chi connectivity index (χ0n) is 24.0. The molecule has 10 heteroatoms. The number of hydrogen-bond donors (Lipinski definition) is 2. The van der Waals surface area contributed by atoms with E-state index in [1.807, 2.05) is 18.2 Å². The number of rotatable bonds is 10. The zero-order chi connectivity index (χ0) is 28.8. The molecule has 2 aliphatic rings. The minimum absolute atomic E-state index is 0.338. The number of methoxy groups -OCH3 is 2. The molecule has 3 heterocycles. The number of carbonyl (C=O) groups excluding carboxylic acids is 1. The Morgan fingerprint density at radius 3 is 2.34 bits per heavy atom. The van der Waals surface area contributed by atoms with Gasteiger partial charge in [0.1, 0.15) is 28.8 Å². The average molecular weight is 559 g/mol. The predicted molar refractivity (Wildman–Crippen MR) is 164 cm³/mol. The maximum Gasteiger partial charge on any atom is 0.247 e. The molecule has 0 atom stereocenters. The number of hydrogen-bond acceptors (Lipinski definition) is 9. The smallest absolute Gasteiger partial charge is 0.247 e. The van der Waals surface area contributed by atoms with E-state index in [4.69, 9.17) is 19.2 Å². The second-order valence-electron chi connectivity index (χ2n) is 10.2. The number of pyridine rings is 1. The Bertz CT molecular complexity index is 1380. The van der Waals surface area contributed by atoms with Gasteiger partial charge in [0.2, 0.25) is 11.8 Å². The molecule has 0 spiro atoms. The van der Waals surface area contributed by atoms with Gasteiger partial charge in [-0.1, -0.05) is 6.58 Å². The molecule has 2 aromatic carbocycles. The lowest BCUT2D eigenvalue weighted by Gasteiger charge is -2.34. The van der Waals surface area contributed by atoms with Crippen LogP contribution in [0, 0.1) is 0 Å². The lowest BCUT2D eigenvalue weighted by Crippen LogP contribution is -2.44. The van der Waals surface area contributed by atoms with Gasteiger partial charge in [0.15, 0.2) is 0 Å². The quantitative estimate of drug-likeness (QED) is 0.329. The van der Waals surface area contributed by atoms with Crippen molar-refractivity contribution < 1.29 is 19.0 Å². The number of aromatic nitrogens is 1. The number of carbonyl (C=O) groups is 1. The molecule has 41 heavy (non-hydrogen) atoms. The summed E-state index contributed by atoms with van der Waals surface area (Å²) in [6.45, 7) is 9.45. The molecule has 10 nitrogen and oxygen atoms in total. The third kappa shape index (κ3) is 6.66. The molecule has 1 amide bonds. The molecule has 0 radical (unpaired) electrons. The summed E-state index contributed by atoms with van der Waals surface area (Å²) < 4.78 is 17.5. The molecule has 1 aromatic heterocycles. The van der Waals surface area contributed by atoms with E-state index in [1.165, 1.54) is 6.08 Å². The summed E-state index contributed by atoms with van der Waals surface area (Å²) >= 11 is 0. The molecule has 2 N–H and O–H groups in total. The Labute approximate surface area is 241 Å². The van der Waals surface area contributed by atoms with Crippen LogP contribution in [0.15, 0.2) is 61.2 Å². The normalized spacial score (nSPS) is 15.4. The predicted octanol–water partition coefficient (Wildman–Crippen LogP) is 5.11. The molecule has 0 aliphatic carbocycles. The highest BCUT2D eigenvalue weighted by Crippen LogP contribution is 2.38. The highest BCUT2D eigenvalue weighted by atomic mass is 16.5. The third-order valence-corrected chi connectivity index (χ3v) is 7.43. The van der Waals surface area contributed by atoms with Crippen molar-refractivity contribution in [2.75, 3.05) is 81.0 Å². The molecule has 0 unspecified atom stereocenters. The molecule has 5 rings (SSSR count). The fourth-order valence-corrected chi connectivity index (χ4v) is 5.10. The van der Waals surface area contributed by atoms with Crippen LogP contribution in [-0.4, -0.2) is 76.3 Å². The Kier molecular flexibility index (Phi) is 8.79. The topological polar surface area (TPSA) is 91.4 Å². The molecule has 2 fully saturated rings. The fourth-order valence-electron chi connectivity index (χ4n) is 5.10. The van der Waals surface area contributed by atoms with Crippen LogP contribution in [0.2, 0.25) is 0 Å². The molecule has 3 aromatic rings. The fraction of sp³-hybridized carbons (Fsp3) is 0.355. The number of nitrogens with zero attached hydrogens (tertiary/aromatic N) is 4. The maximum absolute atomic E-state index is 12.0. The van der Waals surface area contributed by atoms with Gasteiger partial charge in [-0.15, -0.1) is 0 Å². The monoisotopic (exact) mass is 558 g/mol. The standard InChI is InChI=1S/C31H38N6O4/c1-5-30(38)33-25-21-23(9-12-27(25)39-3)41-31-26(37-14-6-7-15-37)11-13-29(34-31)32-24-10-8-22(20-28(24)40-4)36-18-16-35(2)17-19-36/h5,8-13,20-21H,1,6-7,14-19H2,2-4H3,(H,32,34)(H,33,38). The number of anilines is 5. The van der Waals surface area contributed by atoms with Gasteiger partial charge in [-0.05, 0) is 62.4 Å². The Morgan fingerprint density at radius 1 is 0.878 bits per heavy atom. The lowest BCUT2D eigenvalue weighted by atomic mass is 10.2. The van der Waals surface area contributed by atoms with E-state index in [9.17, 15) is 4.79 Å². The summed E-state index contributed by atoms with van der Waals surface area (Å²) in [7, 11) is 5.38. The van der Waals surface area contributed by atoms with Crippen molar-refractivity contribution in [3.63, 3.8) is 0 Å². The third-order valence-electron chi connectivity index (χ3n) is 7.43. The molecule has 2 saturated heterocycles. The minimum atomic E-state index is -0.338. The Morgan fingerprint density at radius 2 is 1.63 bits per heavy atom.